The van der Waals surface area contributed by atoms with E-state index in [1.54, 1.807) is 0 Å². The van der Waals surface area contributed by atoms with Gasteiger partial charge in [-0.05, 0) is 70.6 Å². The lowest BCUT2D eigenvalue weighted by Crippen LogP contribution is -2.34. The number of carbonyl (C=O) groups excluding carboxylic acids is 2. The van der Waals surface area contributed by atoms with Crippen LogP contribution in [0.3, 0.4) is 0 Å². The molecule has 2 saturated carbocycles. The molecule has 4 nitrogen and oxygen atoms in total. The molecular formula is C19H32O4. The molecule has 0 amide bonds. The minimum atomic E-state index is -0.222. The summed E-state index contributed by atoms with van der Waals surface area (Å²) in [5, 5.41) is 0. The predicted octanol–water partition coefficient (Wildman–Crippen LogP) is 4.26. The van der Waals surface area contributed by atoms with Crippen LogP contribution < -0.4 is 0 Å². The maximum atomic E-state index is 12.4. The fraction of sp³-hybridized carbons (Fsp3) is 0.895. The van der Waals surface area contributed by atoms with Crippen molar-refractivity contribution in [1.82, 2.24) is 0 Å². The lowest BCUT2D eigenvalue weighted by atomic mass is 9.82. The first kappa shape index (κ1) is 18.3. The molecule has 0 saturated heterocycles. The second-order valence-corrected chi connectivity index (χ2v) is 7.74. The largest absolute Gasteiger partial charge is 0.465 e. The predicted molar refractivity (Wildman–Crippen MR) is 88.8 cm³/mol. The summed E-state index contributed by atoms with van der Waals surface area (Å²) in [4.78, 5) is 24.1. The number of rotatable bonds is 6. The van der Waals surface area contributed by atoms with Gasteiger partial charge >= 0.3 is 11.9 Å². The molecular weight excluding hydrogens is 292 g/mol. The van der Waals surface area contributed by atoms with Crippen LogP contribution in [0.4, 0.5) is 0 Å². The van der Waals surface area contributed by atoms with E-state index in [-0.39, 0.29) is 29.4 Å². The molecule has 0 spiro atoms. The van der Waals surface area contributed by atoms with Gasteiger partial charge in [0.1, 0.15) is 5.60 Å². The van der Waals surface area contributed by atoms with Crippen LogP contribution >= 0.6 is 0 Å². The molecule has 0 aliphatic heterocycles. The SMILES string of the molecule is CCC(C)C(=O)OCC1CCC(C(=O)OC2(C)CCCC2)CC1. The Labute approximate surface area is 140 Å². The molecule has 0 aromatic rings. The van der Waals surface area contributed by atoms with Crippen molar-refractivity contribution < 1.29 is 19.1 Å². The van der Waals surface area contributed by atoms with Gasteiger partial charge in [-0.3, -0.25) is 9.59 Å². The van der Waals surface area contributed by atoms with E-state index in [9.17, 15) is 9.59 Å². The first-order valence-corrected chi connectivity index (χ1v) is 9.33. The van der Waals surface area contributed by atoms with E-state index in [0.717, 1.165) is 57.8 Å². The van der Waals surface area contributed by atoms with Gasteiger partial charge in [0.25, 0.3) is 0 Å². The van der Waals surface area contributed by atoms with Crippen molar-refractivity contribution in [2.75, 3.05) is 6.61 Å². The second-order valence-electron chi connectivity index (χ2n) is 7.74. The van der Waals surface area contributed by atoms with Crippen LogP contribution in [0.5, 0.6) is 0 Å². The Morgan fingerprint density at radius 3 is 2.30 bits per heavy atom. The number of ether oxygens (including phenoxy) is 2. The summed E-state index contributed by atoms with van der Waals surface area (Å²) in [5.41, 5.74) is -0.222. The molecule has 0 aromatic carbocycles. The Kier molecular flexibility index (Phi) is 6.49. The third kappa shape index (κ3) is 5.22. The molecule has 2 fully saturated rings. The molecule has 1 unspecified atom stereocenters. The third-order valence-electron chi connectivity index (χ3n) is 5.66. The van der Waals surface area contributed by atoms with Crippen LogP contribution in [-0.4, -0.2) is 24.1 Å². The summed E-state index contributed by atoms with van der Waals surface area (Å²) in [6.45, 7) is 6.47. The number of esters is 2. The zero-order chi connectivity index (χ0) is 16.9. The van der Waals surface area contributed by atoms with Crippen LogP contribution in [-0.2, 0) is 19.1 Å². The van der Waals surface area contributed by atoms with E-state index < -0.39 is 0 Å². The van der Waals surface area contributed by atoms with Crippen molar-refractivity contribution >= 4 is 11.9 Å². The Morgan fingerprint density at radius 2 is 1.74 bits per heavy atom. The highest BCUT2D eigenvalue weighted by molar-refractivity contribution is 5.73. The summed E-state index contributed by atoms with van der Waals surface area (Å²) in [7, 11) is 0. The fourth-order valence-electron chi connectivity index (χ4n) is 3.62. The van der Waals surface area contributed by atoms with Crippen molar-refractivity contribution in [2.45, 2.75) is 84.2 Å². The van der Waals surface area contributed by atoms with Crippen molar-refractivity contribution in [2.24, 2.45) is 17.8 Å². The standard InChI is InChI=1S/C19H32O4/c1-4-14(2)17(20)22-13-15-7-9-16(10-8-15)18(21)23-19(3)11-5-6-12-19/h14-16H,4-13H2,1-3H3. The Balaban J connectivity index is 1.69. The summed E-state index contributed by atoms with van der Waals surface area (Å²) in [6.07, 6.45) is 8.76. The Morgan fingerprint density at radius 1 is 1.13 bits per heavy atom. The van der Waals surface area contributed by atoms with Gasteiger partial charge in [-0.1, -0.05) is 13.8 Å². The Hall–Kier alpha value is -1.06. The van der Waals surface area contributed by atoms with Gasteiger partial charge in [0.2, 0.25) is 0 Å². The van der Waals surface area contributed by atoms with Crippen molar-refractivity contribution in [3.63, 3.8) is 0 Å². The summed E-state index contributed by atoms with van der Waals surface area (Å²) < 4.78 is 11.2. The quantitative estimate of drug-likeness (QED) is 0.685. The highest BCUT2D eigenvalue weighted by Gasteiger charge is 2.36. The summed E-state index contributed by atoms with van der Waals surface area (Å²) in [6, 6.07) is 0. The van der Waals surface area contributed by atoms with Crippen molar-refractivity contribution in [3.05, 3.63) is 0 Å². The molecule has 2 rings (SSSR count). The van der Waals surface area contributed by atoms with E-state index in [1.165, 1.54) is 0 Å². The highest BCUT2D eigenvalue weighted by Crippen LogP contribution is 2.36. The molecule has 0 radical (unpaired) electrons. The molecule has 0 N–H and O–H groups in total. The lowest BCUT2D eigenvalue weighted by molar-refractivity contribution is -0.165. The van der Waals surface area contributed by atoms with Crippen LogP contribution in [0.15, 0.2) is 0 Å². The molecule has 1 atom stereocenters. The van der Waals surface area contributed by atoms with Gasteiger partial charge in [-0.2, -0.15) is 0 Å². The van der Waals surface area contributed by atoms with Gasteiger partial charge in [0, 0.05) is 0 Å². The smallest absolute Gasteiger partial charge is 0.309 e. The summed E-state index contributed by atoms with van der Waals surface area (Å²) in [5.74, 6) is 0.309. The van der Waals surface area contributed by atoms with Crippen LogP contribution in [0.25, 0.3) is 0 Å². The first-order chi connectivity index (χ1) is 10.9. The molecule has 0 aromatic heterocycles. The van der Waals surface area contributed by atoms with Crippen LogP contribution in [0.2, 0.25) is 0 Å². The minimum Gasteiger partial charge on any atom is -0.465 e. The number of carbonyl (C=O) groups is 2. The topological polar surface area (TPSA) is 52.6 Å². The fourth-order valence-corrected chi connectivity index (χ4v) is 3.62. The summed E-state index contributed by atoms with van der Waals surface area (Å²) >= 11 is 0. The van der Waals surface area contributed by atoms with E-state index in [2.05, 4.69) is 6.92 Å². The lowest BCUT2D eigenvalue weighted by Gasteiger charge is -2.31. The van der Waals surface area contributed by atoms with Crippen molar-refractivity contribution in [1.29, 1.82) is 0 Å². The van der Waals surface area contributed by atoms with Gasteiger partial charge in [-0.25, -0.2) is 0 Å². The molecule has 0 heterocycles. The molecule has 23 heavy (non-hydrogen) atoms. The van der Waals surface area contributed by atoms with Crippen molar-refractivity contribution in [3.8, 4) is 0 Å². The molecule has 2 aliphatic rings. The zero-order valence-corrected chi connectivity index (χ0v) is 14.9. The zero-order valence-electron chi connectivity index (χ0n) is 14.9. The highest BCUT2D eigenvalue weighted by atomic mass is 16.6. The average molecular weight is 324 g/mol. The van der Waals surface area contributed by atoms with E-state index in [0.29, 0.717) is 12.5 Å². The van der Waals surface area contributed by atoms with E-state index in [4.69, 9.17) is 9.47 Å². The van der Waals surface area contributed by atoms with Gasteiger partial charge in [0.05, 0.1) is 18.4 Å². The maximum Gasteiger partial charge on any atom is 0.309 e. The minimum absolute atomic E-state index is 0.00977. The van der Waals surface area contributed by atoms with Crippen LogP contribution in [0.1, 0.15) is 78.6 Å². The molecule has 4 heteroatoms. The normalized spacial score (nSPS) is 28.1. The number of hydrogen-bond acceptors (Lipinski definition) is 4. The Bertz CT molecular complexity index is 404. The van der Waals surface area contributed by atoms with Gasteiger partial charge < -0.3 is 9.47 Å². The first-order valence-electron chi connectivity index (χ1n) is 9.33. The molecule has 132 valence electrons. The van der Waals surface area contributed by atoms with E-state index >= 15 is 0 Å². The van der Waals surface area contributed by atoms with Gasteiger partial charge in [-0.15, -0.1) is 0 Å². The molecule has 0 bridgehead atoms. The maximum absolute atomic E-state index is 12.4. The van der Waals surface area contributed by atoms with E-state index in [1.807, 2.05) is 13.8 Å². The van der Waals surface area contributed by atoms with Crippen LogP contribution in [0, 0.1) is 17.8 Å². The monoisotopic (exact) mass is 324 g/mol. The third-order valence-corrected chi connectivity index (χ3v) is 5.66. The molecule has 2 aliphatic carbocycles. The number of hydrogen-bond donors (Lipinski definition) is 0. The second kappa shape index (κ2) is 8.16. The average Bonchev–Trinajstić information content (AvgIpc) is 2.98. The van der Waals surface area contributed by atoms with Gasteiger partial charge in [0.15, 0.2) is 0 Å².